The molecule has 0 aromatic heterocycles. The standard InChI is InChI=1S/C11H13ClO4/c1-7-5-10(15-2)8(6-9(7)12)11(14)16-4-3-13/h5-6,13H,3-4H2,1-2H3. The third kappa shape index (κ3) is 2.87. The molecule has 0 aliphatic rings. The van der Waals surface area contributed by atoms with Gasteiger partial charge in [0, 0.05) is 5.02 Å². The molecule has 0 aliphatic carbocycles. The van der Waals surface area contributed by atoms with E-state index in [1.807, 2.05) is 6.92 Å². The minimum absolute atomic E-state index is 0.0481. The number of carbonyl (C=O) groups is 1. The number of halogens is 1. The molecule has 0 unspecified atom stereocenters. The molecule has 4 nitrogen and oxygen atoms in total. The van der Waals surface area contributed by atoms with E-state index in [-0.39, 0.29) is 18.8 Å². The molecule has 1 aromatic carbocycles. The van der Waals surface area contributed by atoms with E-state index in [4.69, 9.17) is 26.2 Å². The average Bonchev–Trinajstić information content (AvgIpc) is 2.28. The van der Waals surface area contributed by atoms with Crippen molar-refractivity contribution in [1.29, 1.82) is 0 Å². The van der Waals surface area contributed by atoms with Gasteiger partial charge in [0.15, 0.2) is 0 Å². The van der Waals surface area contributed by atoms with Crippen molar-refractivity contribution in [2.45, 2.75) is 6.92 Å². The number of aryl methyl sites for hydroxylation is 1. The van der Waals surface area contributed by atoms with Crippen LogP contribution >= 0.6 is 11.6 Å². The fraction of sp³-hybridized carbons (Fsp3) is 0.364. The summed E-state index contributed by atoms with van der Waals surface area (Å²) in [5.74, 6) is -0.155. The molecule has 1 N–H and O–H groups in total. The maximum atomic E-state index is 11.6. The maximum absolute atomic E-state index is 11.6. The fourth-order valence-electron chi connectivity index (χ4n) is 1.20. The maximum Gasteiger partial charge on any atom is 0.342 e. The van der Waals surface area contributed by atoms with E-state index < -0.39 is 5.97 Å². The largest absolute Gasteiger partial charge is 0.496 e. The monoisotopic (exact) mass is 244 g/mol. The van der Waals surface area contributed by atoms with Gasteiger partial charge in [0.1, 0.15) is 17.9 Å². The minimum Gasteiger partial charge on any atom is -0.496 e. The highest BCUT2D eigenvalue weighted by atomic mass is 35.5. The predicted molar refractivity (Wildman–Crippen MR) is 60.1 cm³/mol. The van der Waals surface area contributed by atoms with Crippen LogP contribution in [0.15, 0.2) is 12.1 Å². The van der Waals surface area contributed by atoms with Gasteiger partial charge in [-0.05, 0) is 24.6 Å². The number of esters is 1. The van der Waals surface area contributed by atoms with Crippen molar-refractivity contribution in [3.05, 3.63) is 28.3 Å². The van der Waals surface area contributed by atoms with Crippen LogP contribution in [-0.4, -0.2) is 31.4 Å². The van der Waals surface area contributed by atoms with Crippen LogP contribution in [-0.2, 0) is 4.74 Å². The van der Waals surface area contributed by atoms with Crippen LogP contribution in [0.1, 0.15) is 15.9 Å². The van der Waals surface area contributed by atoms with Crippen LogP contribution in [0.4, 0.5) is 0 Å². The highest BCUT2D eigenvalue weighted by molar-refractivity contribution is 6.31. The van der Waals surface area contributed by atoms with Gasteiger partial charge >= 0.3 is 5.97 Å². The van der Waals surface area contributed by atoms with E-state index in [9.17, 15) is 4.79 Å². The molecule has 0 aliphatic heterocycles. The Bertz CT molecular complexity index is 390. The zero-order valence-corrected chi connectivity index (χ0v) is 9.87. The Balaban J connectivity index is 3.02. The van der Waals surface area contributed by atoms with Crippen molar-refractivity contribution < 1.29 is 19.4 Å². The Kier molecular flexibility index (Phi) is 4.58. The third-order valence-electron chi connectivity index (χ3n) is 2.03. The smallest absolute Gasteiger partial charge is 0.342 e. The number of hydrogen-bond acceptors (Lipinski definition) is 4. The molecule has 0 amide bonds. The van der Waals surface area contributed by atoms with Gasteiger partial charge < -0.3 is 14.6 Å². The topological polar surface area (TPSA) is 55.8 Å². The highest BCUT2D eigenvalue weighted by Crippen LogP contribution is 2.27. The van der Waals surface area contributed by atoms with Gasteiger partial charge in [0.2, 0.25) is 0 Å². The van der Waals surface area contributed by atoms with Gasteiger partial charge in [-0.15, -0.1) is 0 Å². The fourth-order valence-corrected chi connectivity index (χ4v) is 1.36. The average molecular weight is 245 g/mol. The summed E-state index contributed by atoms with van der Waals surface area (Å²) >= 11 is 5.91. The zero-order valence-electron chi connectivity index (χ0n) is 9.12. The molecule has 0 saturated carbocycles. The quantitative estimate of drug-likeness (QED) is 0.821. The summed E-state index contributed by atoms with van der Waals surface area (Å²) in [6.45, 7) is 1.55. The Labute approximate surface area is 98.7 Å². The molecule has 16 heavy (non-hydrogen) atoms. The number of aliphatic hydroxyl groups is 1. The highest BCUT2D eigenvalue weighted by Gasteiger charge is 2.15. The summed E-state index contributed by atoms with van der Waals surface area (Å²) in [7, 11) is 1.46. The lowest BCUT2D eigenvalue weighted by Crippen LogP contribution is -2.10. The summed E-state index contributed by atoms with van der Waals surface area (Å²) in [4.78, 5) is 11.6. The van der Waals surface area contributed by atoms with E-state index in [0.717, 1.165) is 5.56 Å². The van der Waals surface area contributed by atoms with E-state index in [0.29, 0.717) is 10.8 Å². The Morgan fingerprint density at radius 1 is 1.50 bits per heavy atom. The van der Waals surface area contributed by atoms with Crippen LogP contribution in [0.25, 0.3) is 0 Å². The number of hydrogen-bond donors (Lipinski definition) is 1. The van der Waals surface area contributed by atoms with Crippen LogP contribution in [0.5, 0.6) is 5.75 Å². The second kappa shape index (κ2) is 5.72. The van der Waals surface area contributed by atoms with Crippen molar-refractivity contribution in [1.82, 2.24) is 0 Å². The molecule has 1 aromatic rings. The van der Waals surface area contributed by atoms with Crippen molar-refractivity contribution in [3.8, 4) is 5.75 Å². The molecule has 0 saturated heterocycles. The Hall–Kier alpha value is -1.26. The first-order chi connectivity index (χ1) is 7.60. The molecule has 0 bridgehead atoms. The lowest BCUT2D eigenvalue weighted by atomic mass is 10.1. The van der Waals surface area contributed by atoms with E-state index in [1.54, 1.807) is 6.07 Å². The molecule has 1 rings (SSSR count). The molecule has 0 heterocycles. The number of methoxy groups -OCH3 is 1. The van der Waals surface area contributed by atoms with Gasteiger partial charge in [-0.25, -0.2) is 4.79 Å². The van der Waals surface area contributed by atoms with Gasteiger partial charge in [-0.3, -0.25) is 0 Å². The lowest BCUT2D eigenvalue weighted by Gasteiger charge is -2.10. The van der Waals surface area contributed by atoms with Crippen molar-refractivity contribution >= 4 is 17.6 Å². The second-order valence-electron chi connectivity index (χ2n) is 3.16. The summed E-state index contributed by atoms with van der Waals surface area (Å²) in [5.41, 5.74) is 1.07. The Morgan fingerprint density at radius 2 is 2.19 bits per heavy atom. The van der Waals surface area contributed by atoms with Crippen molar-refractivity contribution in [2.24, 2.45) is 0 Å². The van der Waals surface area contributed by atoms with Gasteiger partial charge in [0.25, 0.3) is 0 Å². The first kappa shape index (κ1) is 12.8. The third-order valence-corrected chi connectivity index (χ3v) is 2.43. The SMILES string of the molecule is COc1cc(C)c(Cl)cc1C(=O)OCCO. The van der Waals surface area contributed by atoms with Gasteiger partial charge in [-0.1, -0.05) is 11.6 Å². The Morgan fingerprint density at radius 3 is 2.75 bits per heavy atom. The summed E-state index contributed by atoms with van der Waals surface area (Å²) in [6, 6.07) is 3.16. The molecule has 0 atom stereocenters. The first-order valence-electron chi connectivity index (χ1n) is 4.72. The van der Waals surface area contributed by atoms with Gasteiger partial charge in [-0.2, -0.15) is 0 Å². The van der Waals surface area contributed by atoms with Crippen molar-refractivity contribution in [3.63, 3.8) is 0 Å². The van der Waals surface area contributed by atoms with Crippen LogP contribution < -0.4 is 4.74 Å². The first-order valence-corrected chi connectivity index (χ1v) is 5.10. The molecule has 0 spiro atoms. The van der Waals surface area contributed by atoms with E-state index in [2.05, 4.69) is 0 Å². The molecular formula is C11H13ClO4. The molecule has 5 heteroatoms. The van der Waals surface area contributed by atoms with Crippen molar-refractivity contribution in [2.75, 3.05) is 20.3 Å². The molecule has 0 fully saturated rings. The summed E-state index contributed by atoms with van der Waals surface area (Å²) in [5, 5.41) is 9.02. The van der Waals surface area contributed by atoms with Crippen LogP contribution in [0.3, 0.4) is 0 Å². The van der Waals surface area contributed by atoms with Gasteiger partial charge in [0.05, 0.1) is 13.7 Å². The van der Waals surface area contributed by atoms with E-state index >= 15 is 0 Å². The minimum atomic E-state index is -0.562. The zero-order chi connectivity index (χ0) is 12.1. The normalized spacial score (nSPS) is 10.0. The molecular weight excluding hydrogens is 232 g/mol. The number of aliphatic hydroxyl groups excluding tert-OH is 1. The number of benzene rings is 1. The van der Waals surface area contributed by atoms with E-state index in [1.165, 1.54) is 13.2 Å². The van der Waals surface area contributed by atoms with Crippen LogP contribution in [0.2, 0.25) is 5.02 Å². The molecule has 0 radical (unpaired) electrons. The summed E-state index contributed by atoms with van der Waals surface area (Å²) < 4.78 is 9.85. The lowest BCUT2D eigenvalue weighted by molar-refractivity contribution is 0.0430. The summed E-state index contributed by atoms with van der Waals surface area (Å²) in [6.07, 6.45) is 0. The number of ether oxygens (including phenoxy) is 2. The van der Waals surface area contributed by atoms with Crippen LogP contribution in [0, 0.1) is 6.92 Å². The number of rotatable bonds is 4. The predicted octanol–water partition coefficient (Wildman–Crippen LogP) is 1.81. The number of carbonyl (C=O) groups excluding carboxylic acids is 1. The molecule has 88 valence electrons. The second-order valence-corrected chi connectivity index (χ2v) is 3.57.